The lowest BCUT2D eigenvalue weighted by Crippen LogP contribution is -2.33. The summed E-state index contributed by atoms with van der Waals surface area (Å²) in [6.45, 7) is 0.682. The Balaban J connectivity index is 2.39. The van der Waals surface area contributed by atoms with Crippen LogP contribution in [0.2, 0.25) is 4.47 Å². The third kappa shape index (κ3) is 3.46. The van der Waals surface area contributed by atoms with Crippen molar-refractivity contribution >= 4 is 40.3 Å². The number of thiazole rings is 1. The van der Waals surface area contributed by atoms with Gasteiger partial charge in [0.1, 0.15) is 0 Å². The molecule has 0 saturated carbocycles. The minimum Gasteiger partial charge on any atom is -0.358 e. The minimum atomic E-state index is 0.563. The van der Waals surface area contributed by atoms with Gasteiger partial charge in [0.05, 0.1) is 6.54 Å². The molecule has 3 nitrogen and oxygen atoms in total. The largest absolute Gasteiger partial charge is 0.358 e. The molecule has 0 amide bonds. The van der Waals surface area contributed by atoms with Gasteiger partial charge in [-0.1, -0.05) is 11.6 Å². The summed E-state index contributed by atoms with van der Waals surface area (Å²) in [6.07, 6.45) is 1.75. The van der Waals surface area contributed by atoms with E-state index in [1.165, 1.54) is 11.3 Å². The fraction of sp³-hybridized carbons (Fsp3) is 0.429. The first-order valence-electron chi connectivity index (χ1n) is 3.65. The van der Waals surface area contributed by atoms with Crippen LogP contribution in [0.15, 0.2) is 6.20 Å². The van der Waals surface area contributed by atoms with E-state index in [1.807, 2.05) is 19.0 Å². The van der Waals surface area contributed by atoms with Crippen LogP contribution in [0.5, 0.6) is 0 Å². The van der Waals surface area contributed by atoms with Gasteiger partial charge >= 0.3 is 0 Å². The smallest absolute Gasteiger partial charge is 0.183 e. The molecule has 0 saturated heterocycles. The van der Waals surface area contributed by atoms with Crippen LogP contribution in [-0.2, 0) is 6.54 Å². The molecule has 1 heterocycles. The summed E-state index contributed by atoms with van der Waals surface area (Å²) in [6, 6.07) is 0. The van der Waals surface area contributed by atoms with Crippen LogP contribution >= 0.6 is 35.2 Å². The SMILES string of the molecule is CN(C)C(=S)NCc1cnc(Cl)s1. The highest BCUT2D eigenvalue weighted by Gasteiger charge is 2.01. The average molecular weight is 236 g/mol. The first-order chi connectivity index (χ1) is 6.09. The van der Waals surface area contributed by atoms with Crippen LogP contribution in [0.3, 0.4) is 0 Å². The highest BCUT2D eigenvalue weighted by atomic mass is 35.5. The Bertz CT molecular complexity index is 298. The van der Waals surface area contributed by atoms with E-state index in [2.05, 4.69) is 10.3 Å². The normalized spacial score (nSPS) is 9.77. The van der Waals surface area contributed by atoms with E-state index in [-0.39, 0.29) is 0 Å². The van der Waals surface area contributed by atoms with Crippen LogP contribution < -0.4 is 5.32 Å². The highest BCUT2D eigenvalue weighted by Crippen LogP contribution is 2.17. The fourth-order valence-electron chi connectivity index (χ4n) is 0.686. The predicted molar refractivity (Wildman–Crippen MR) is 60.2 cm³/mol. The molecule has 13 heavy (non-hydrogen) atoms. The molecule has 0 radical (unpaired) electrons. The standard InChI is InChI=1S/C7H10ClN3S2/c1-11(2)7(12)10-4-5-3-9-6(8)13-5/h3H,4H2,1-2H3,(H,10,12). The van der Waals surface area contributed by atoms with Crippen molar-refractivity contribution in [1.29, 1.82) is 0 Å². The van der Waals surface area contributed by atoms with E-state index in [9.17, 15) is 0 Å². The van der Waals surface area contributed by atoms with Gasteiger partial charge in [-0.25, -0.2) is 4.98 Å². The maximum absolute atomic E-state index is 5.67. The summed E-state index contributed by atoms with van der Waals surface area (Å²) in [4.78, 5) is 6.85. The van der Waals surface area contributed by atoms with Gasteiger partial charge in [-0.3, -0.25) is 0 Å². The number of halogens is 1. The third-order valence-electron chi connectivity index (χ3n) is 1.35. The maximum Gasteiger partial charge on any atom is 0.183 e. The summed E-state index contributed by atoms with van der Waals surface area (Å²) in [5.74, 6) is 0. The zero-order valence-corrected chi connectivity index (χ0v) is 9.76. The molecule has 0 atom stereocenters. The number of aromatic nitrogens is 1. The zero-order valence-electron chi connectivity index (χ0n) is 7.37. The summed E-state index contributed by atoms with van der Waals surface area (Å²) in [5.41, 5.74) is 0. The van der Waals surface area contributed by atoms with Gasteiger partial charge < -0.3 is 10.2 Å². The molecule has 0 fully saturated rings. The van der Waals surface area contributed by atoms with Gasteiger partial charge in [-0.05, 0) is 12.2 Å². The predicted octanol–water partition coefficient (Wildman–Crippen LogP) is 1.73. The molecule has 0 unspecified atom stereocenters. The molecular formula is C7H10ClN3S2. The molecule has 0 aliphatic carbocycles. The second-order valence-corrected chi connectivity index (χ2v) is 4.72. The first kappa shape index (κ1) is 10.7. The molecule has 6 heteroatoms. The molecular weight excluding hydrogens is 226 g/mol. The lowest BCUT2D eigenvalue weighted by atomic mass is 10.5. The van der Waals surface area contributed by atoms with Crippen molar-refractivity contribution < 1.29 is 0 Å². The molecule has 1 aromatic heterocycles. The van der Waals surface area contributed by atoms with Gasteiger partial charge in [0.2, 0.25) is 0 Å². The van der Waals surface area contributed by atoms with Crippen LogP contribution in [0.25, 0.3) is 0 Å². The van der Waals surface area contributed by atoms with Crippen molar-refractivity contribution in [3.63, 3.8) is 0 Å². The van der Waals surface area contributed by atoms with E-state index in [4.69, 9.17) is 23.8 Å². The maximum atomic E-state index is 5.67. The monoisotopic (exact) mass is 235 g/mol. The summed E-state index contributed by atoms with van der Waals surface area (Å²) in [7, 11) is 3.80. The lowest BCUT2D eigenvalue weighted by Gasteiger charge is -2.14. The zero-order chi connectivity index (χ0) is 9.84. The van der Waals surface area contributed by atoms with Crippen molar-refractivity contribution in [2.75, 3.05) is 14.1 Å². The van der Waals surface area contributed by atoms with Gasteiger partial charge in [0, 0.05) is 25.2 Å². The van der Waals surface area contributed by atoms with Crippen molar-refractivity contribution in [2.24, 2.45) is 0 Å². The Kier molecular flexibility index (Phi) is 3.90. The van der Waals surface area contributed by atoms with E-state index in [1.54, 1.807) is 6.20 Å². The molecule has 1 N–H and O–H groups in total. The molecule has 0 aliphatic rings. The number of nitrogens with one attached hydrogen (secondary N) is 1. The van der Waals surface area contributed by atoms with E-state index in [0.717, 1.165) is 4.88 Å². The molecule has 1 rings (SSSR count). The Morgan fingerprint density at radius 1 is 1.77 bits per heavy atom. The number of hydrogen-bond acceptors (Lipinski definition) is 3. The van der Waals surface area contributed by atoms with E-state index < -0.39 is 0 Å². The Morgan fingerprint density at radius 2 is 2.46 bits per heavy atom. The van der Waals surface area contributed by atoms with Crippen molar-refractivity contribution in [1.82, 2.24) is 15.2 Å². The molecule has 0 aromatic carbocycles. The fourth-order valence-corrected chi connectivity index (χ4v) is 1.68. The number of thiocarbonyl (C=S) groups is 1. The second-order valence-electron chi connectivity index (χ2n) is 2.63. The van der Waals surface area contributed by atoms with Crippen LogP contribution in [0.4, 0.5) is 0 Å². The van der Waals surface area contributed by atoms with Gasteiger partial charge in [0.15, 0.2) is 9.58 Å². The van der Waals surface area contributed by atoms with Crippen molar-refractivity contribution in [3.05, 3.63) is 15.5 Å². The average Bonchev–Trinajstić information content (AvgIpc) is 2.47. The second kappa shape index (κ2) is 4.74. The number of hydrogen-bond donors (Lipinski definition) is 1. The number of rotatable bonds is 2. The molecule has 0 aliphatic heterocycles. The summed E-state index contributed by atoms with van der Waals surface area (Å²) < 4.78 is 0.563. The van der Waals surface area contributed by atoms with Crippen LogP contribution in [0.1, 0.15) is 4.88 Å². The van der Waals surface area contributed by atoms with Crippen LogP contribution in [-0.4, -0.2) is 29.1 Å². The summed E-state index contributed by atoms with van der Waals surface area (Å²) in [5, 5.41) is 3.79. The van der Waals surface area contributed by atoms with E-state index >= 15 is 0 Å². The first-order valence-corrected chi connectivity index (χ1v) is 5.25. The van der Waals surface area contributed by atoms with Crippen molar-refractivity contribution in [3.8, 4) is 0 Å². The van der Waals surface area contributed by atoms with E-state index in [0.29, 0.717) is 16.1 Å². The molecule has 0 bridgehead atoms. The Hall–Kier alpha value is -0.390. The van der Waals surface area contributed by atoms with Crippen LogP contribution in [0, 0.1) is 0 Å². The Labute approximate surface area is 91.7 Å². The summed E-state index contributed by atoms with van der Waals surface area (Å²) >= 11 is 12.2. The molecule has 0 spiro atoms. The highest BCUT2D eigenvalue weighted by molar-refractivity contribution is 7.80. The number of nitrogens with zero attached hydrogens (tertiary/aromatic N) is 2. The topological polar surface area (TPSA) is 28.2 Å². The minimum absolute atomic E-state index is 0.563. The molecule has 1 aromatic rings. The molecule has 72 valence electrons. The van der Waals surface area contributed by atoms with Gasteiger partial charge in [0.25, 0.3) is 0 Å². The third-order valence-corrected chi connectivity index (χ3v) is 2.97. The van der Waals surface area contributed by atoms with Crippen molar-refractivity contribution in [2.45, 2.75) is 6.54 Å². The lowest BCUT2D eigenvalue weighted by molar-refractivity contribution is 0.601. The quantitative estimate of drug-likeness (QED) is 0.791. The Morgan fingerprint density at radius 3 is 2.92 bits per heavy atom. The van der Waals surface area contributed by atoms with Gasteiger partial charge in [-0.2, -0.15) is 0 Å². The van der Waals surface area contributed by atoms with Gasteiger partial charge in [-0.15, -0.1) is 11.3 Å².